The molecule has 0 aliphatic rings. The molecule has 0 spiro atoms. The minimum absolute atomic E-state index is 0.0110. The van der Waals surface area contributed by atoms with Crippen molar-refractivity contribution in [2.45, 2.75) is 26.5 Å². The van der Waals surface area contributed by atoms with Gasteiger partial charge in [-0.3, -0.25) is 14.9 Å². The summed E-state index contributed by atoms with van der Waals surface area (Å²) in [6.07, 6.45) is 2.60. The highest BCUT2D eigenvalue weighted by Crippen LogP contribution is 2.22. The Morgan fingerprint density at radius 1 is 1.39 bits per heavy atom. The molecule has 0 radical (unpaired) electrons. The number of rotatable bonds is 7. The molecule has 1 aromatic heterocycles. The van der Waals surface area contributed by atoms with Crippen molar-refractivity contribution in [2.75, 3.05) is 0 Å². The Morgan fingerprint density at radius 2 is 2.11 bits per heavy atom. The third-order valence-corrected chi connectivity index (χ3v) is 4.06. The molecule has 1 N–H and O–H groups in total. The number of carbonyl (C=O) groups is 2. The van der Waals surface area contributed by atoms with Crippen molar-refractivity contribution in [3.8, 4) is 0 Å². The maximum Gasteiger partial charge on any atom is 0.339 e. The topological polar surface area (TPSA) is 138 Å². The number of hydrogen-bond donors (Lipinski definition) is 1. The third-order valence-electron chi connectivity index (χ3n) is 3.74. The van der Waals surface area contributed by atoms with Crippen molar-refractivity contribution in [2.24, 2.45) is 5.92 Å². The van der Waals surface area contributed by atoms with Crippen LogP contribution in [0, 0.1) is 21.2 Å². The second-order valence-corrected chi connectivity index (χ2v) is 6.49. The lowest BCUT2D eigenvalue weighted by Gasteiger charge is -2.20. The molecule has 0 unspecified atom stereocenters. The molecule has 1 amide bonds. The molecule has 0 aliphatic carbocycles. The number of ether oxygens (including phenoxy) is 1. The van der Waals surface area contributed by atoms with Crippen LogP contribution in [-0.2, 0) is 16.1 Å². The van der Waals surface area contributed by atoms with Gasteiger partial charge in [0.2, 0.25) is 0 Å². The van der Waals surface area contributed by atoms with E-state index in [-0.39, 0.29) is 34.6 Å². The van der Waals surface area contributed by atoms with Crippen LogP contribution in [-0.4, -0.2) is 27.8 Å². The second-order valence-electron chi connectivity index (χ2n) is 6.09. The lowest BCUT2D eigenvalue weighted by Crippen LogP contribution is -2.45. The van der Waals surface area contributed by atoms with E-state index < -0.39 is 22.8 Å². The van der Waals surface area contributed by atoms with Gasteiger partial charge in [-0.25, -0.2) is 9.52 Å². The molecule has 1 aromatic carbocycles. The molecule has 0 saturated heterocycles. The quantitative estimate of drug-likeness (QED) is 0.242. The summed E-state index contributed by atoms with van der Waals surface area (Å²) in [6.45, 7) is 3.02. The van der Waals surface area contributed by atoms with E-state index in [0.29, 0.717) is 4.73 Å². The highest BCUT2D eigenvalue weighted by Gasteiger charge is 2.28. The van der Waals surface area contributed by atoms with Crippen LogP contribution in [0.2, 0.25) is 5.02 Å². The number of hydrogen-bond acceptors (Lipinski definition) is 7. The van der Waals surface area contributed by atoms with E-state index in [1.807, 2.05) is 0 Å². The van der Waals surface area contributed by atoms with Gasteiger partial charge >= 0.3 is 11.8 Å². The molecule has 2 aromatic rings. The third kappa shape index (κ3) is 5.13. The summed E-state index contributed by atoms with van der Waals surface area (Å²) in [7, 11) is 0. The number of amides is 1. The van der Waals surface area contributed by atoms with Gasteiger partial charge in [0, 0.05) is 18.2 Å². The Labute approximate surface area is 164 Å². The fourth-order valence-electron chi connectivity index (χ4n) is 2.23. The first-order chi connectivity index (χ1) is 13.2. The van der Waals surface area contributed by atoms with Gasteiger partial charge in [0.05, 0.1) is 21.7 Å². The molecule has 10 nitrogen and oxygen atoms in total. The molecule has 11 heteroatoms. The number of nitro benzene ring substituents is 1. The number of nitro groups is 1. The Kier molecular flexibility index (Phi) is 6.83. The highest BCUT2D eigenvalue weighted by molar-refractivity contribution is 6.34. The van der Waals surface area contributed by atoms with Crippen LogP contribution in [0.4, 0.5) is 5.69 Å². The lowest BCUT2D eigenvalue weighted by molar-refractivity contribution is -0.620. The minimum atomic E-state index is -1.03. The number of non-ortho nitro benzene ring substituents is 1. The van der Waals surface area contributed by atoms with Crippen molar-refractivity contribution >= 4 is 29.2 Å². The first kappa shape index (κ1) is 21.0. The largest absolute Gasteiger partial charge is 0.711 e. The molecule has 0 aliphatic heterocycles. The molecule has 1 atom stereocenters. The Bertz CT molecular complexity index is 905. The fraction of sp³-hybridized carbons (Fsp3) is 0.294. The van der Waals surface area contributed by atoms with Crippen molar-refractivity contribution in [3.05, 3.63) is 68.4 Å². The SMILES string of the molecule is CC(C)[C@H](NC(=O)c1ccc([N+](=O)[O-])cc1Cl)C(=O)OCc1nccc[n+]1[O-]. The summed E-state index contributed by atoms with van der Waals surface area (Å²) in [5.41, 5.74) is -0.282. The highest BCUT2D eigenvalue weighted by atomic mass is 35.5. The first-order valence-corrected chi connectivity index (χ1v) is 8.53. The summed E-state index contributed by atoms with van der Waals surface area (Å²) in [5.74, 6) is -1.79. The Hall–Kier alpha value is -3.27. The summed E-state index contributed by atoms with van der Waals surface area (Å²) in [4.78, 5) is 38.8. The van der Waals surface area contributed by atoms with Gasteiger partial charge < -0.3 is 15.3 Å². The average Bonchev–Trinajstić information content (AvgIpc) is 2.64. The van der Waals surface area contributed by atoms with Crippen LogP contribution in [0.1, 0.15) is 30.0 Å². The standard InChI is InChI=1S/C17H17ClN4O6/c1-10(2)15(17(24)28-9-14-19-6-3-7-21(14)25)20-16(23)12-5-4-11(22(26)27)8-13(12)18/h3-8,10,15H,9H2,1-2H3,(H,20,23)/t15-/m0/s1. The van der Waals surface area contributed by atoms with Gasteiger partial charge in [-0.15, -0.1) is 0 Å². The number of carbonyl (C=O) groups excluding carboxylic acids is 2. The monoisotopic (exact) mass is 408 g/mol. The summed E-state index contributed by atoms with van der Waals surface area (Å²) in [5, 5.41) is 24.7. The number of halogens is 1. The number of benzene rings is 1. The molecule has 0 fully saturated rings. The van der Waals surface area contributed by atoms with Crippen LogP contribution in [0.15, 0.2) is 36.7 Å². The van der Waals surface area contributed by atoms with E-state index in [2.05, 4.69) is 10.3 Å². The van der Waals surface area contributed by atoms with Crippen LogP contribution < -0.4 is 10.0 Å². The average molecular weight is 409 g/mol. The predicted octanol–water partition coefficient (Wildman–Crippen LogP) is 1.77. The Balaban J connectivity index is 2.09. The maximum absolute atomic E-state index is 12.5. The zero-order valence-corrected chi connectivity index (χ0v) is 15.8. The minimum Gasteiger partial charge on any atom is -0.711 e. The van der Waals surface area contributed by atoms with E-state index in [1.54, 1.807) is 13.8 Å². The maximum atomic E-state index is 12.5. The Morgan fingerprint density at radius 3 is 2.68 bits per heavy atom. The van der Waals surface area contributed by atoms with E-state index in [1.165, 1.54) is 24.5 Å². The number of nitrogens with one attached hydrogen (secondary N) is 1. The smallest absolute Gasteiger partial charge is 0.339 e. The van der Waals surface area contributed by atoms with Crippen LogP contribution >= 0.6 is 11.6 Å². The molecular weight excluding hydrogens is 392 g/mol. The summed E-state index contributed by atoms with van der Waals surface area (Å²) < 4.78 is 5.56. The summed E-state index contributed by atoms with van der Waals surface area (Å²) >= 11 is 5.94. The number of aromatic nitrogens is 2. The number of esters is 1. The van der Waals surface area contributed by atoms with Gasteiger partial charge in [-0.1, -0.05) is 25.4 Å². The molecule has 0 saturated carbocycles. The van der Waals surface area contributed by atoms with Gasteiger partial charge in [0.1, 0.15) is 12.2 Å². The molecule has 148 valence electrons. The van der Waals surface area contributed by atoms with Gasteiger partial charge in [-0.2, -0.15) is 0 Å². The second kappa shape index (κ2) is 9.09. The predicted molar refractivity (Wildman–Crippen MR) is 97.2 cm³/mol. The molecule has 2 rings (SSSR count). The van der Waals surface area contributed by atoms with Gasteiger partial charge in [0.15, 0.2) is 6.61 Å². The normalized spacial score (nSPS) is 11.7. The first-order valence-electron chi connectivity index (χ1n) is 8.15. The van der Waals surface area contributed by atoms with Crippen molar-refractivity contribution < 1.29 is 24.0 Å². The van der Waals surface area contributed by atoms with Crippen LogP contribution in [0.3, 0.4) is 0 Å². The van der Waals surface area contributed by atoms with Crippen molar-refractivity contribution in [1.82, 2.24) is 10.3 Å². The molecular formula is C17H17ClN4O6. The van der Waals surface area contributed by atoms with Crippen molar-refractivity contribution in [3.63, 3.8) is 0 Å². The van der Waals surface area contributed by atoms with Crippen molar-refractivity contribution in [1.29, 1.82) is 0 Å². The zero-order valence-electron chi connectivity index (χ0n) is 15.0. The zero-order chi connectivity index (χ0) is 20.8. The van der Waals surface area contributed by atoms with Gasteiger partial charge in [-0.05, 0) is 17.0 Å². The van der Waals surface area contributed by atoms with Crippen LogP contribution in [0.25, 0.3) is 0 Å². The van der Waals surface area contributed by atoms with E-state index in [0.717, 1.165) is 12.1 Å². The number of nitrogens with zero attached hydrogens (tertiary/aromatic N) is 3. The summed E-state index contributed by atoms with van der Waals surface area (Å²) in [6, 6.07) is 3.80. The fourth-order valence-corrected chi connectivity index (χ4v) is 2.49. The van der Waals surface area contributed by atoms with Crippen LogP contribution in [0.5, 0.6) is 0 Å². The molecule has 1 heterocycles. The van der Waals surface area contributed by atoms with E-state index in [9.17, 15) is 24.9 Å². The molecule has 0 bridgehead atoms. The van der Waals surface area contributed by atoms with Gasteiger partial charge in [0.25, 0.3) is 11.6 Å². The lowest BCUT2D eigenvalue weighted by atomic mass is 10.0. The van der Waals surface area contributed by atoms with E-state index >= 15 is 0 Å². The van der Waals surface area contributed by atoms with E-state index in [4.69, 9.17) is 16.3 Å². The molecule has 28 heavy (non-hydrogen) atoms.